The SMILES string of the molecule is [N-]=[N+]=Nn1ccnc1. The number of aromatic nitrogens is 2. The van der Waals surface area contributed by atoms with E-state index in [4.69, 9.17) is 5.53 Å². The zero-order valence-electron chi connectivity index (χ0n) is 3.97. The Labute approximate surface area is 45.2 Å². The average molecular weight is 109 g/mol. The number of imidazole rings is 1. The summed E-state index contributed by atoms with van der Waals surface area (Å²) in [6, 6.07) is 0. The second kappa shape index (κ2) is 1.99. The summed E-state index contributed by atoms with van der Waals surface area (Å²) in [5.41, 5.74) is 7.85. The minimum Gasteiger partial charge on any atom is -0.220 e. The summed E-state index contributed by atoms with van der Waals surface area (Å²) in [6.07, 6.45) is 4.51. The third kappa shape index (κ3) is 0.772. The molecule has 0 fully saturated rings. The first-order valence-corrected chi connectivity index (χ1v) is 1.97. The van der Waals surface area contributed by atoms with Crippen LogP contribution < -0.4 is 0 Å². The maximum Gasteiger partial charge on any atom is 0.191 e. The molecule has 1 rings (SSSR count). The van der Waals surface area contributed by atoms with Crippen LogP contribution >= 0.6 is 0 Å². The summed E-state index contributed by atoms with van der Waals surface area (Å²) in [5.74, 6) is 0. The summed E-state index contributed by atoms with van der Waals surface area (Å²) in [7, 11) is 0. The van der Waals surface area contributed by atoms with E-state index in [0.717, 1.165) is 0 Å². The molecule has 0 spiro atoms. The molecule has 8 heavy (non-hydrogen) atoms. The van der Waals surface area contributed by atoms with Gasteiger partial charge in [0, 0.05) is 0 Å². The summed E-state index contributed by atoms with van der Waals surface area (Å²) >= 11 is 0. The van der Waals surface area contributed by atoms with Crippen LogP contribution in [0, 0.1) is 0 Å². The monoisotopic (exact) mass is 109 g/mol. The van der Waals surface area contributed by atoms with Crippen LogP contribution in [0.3, 0.4) is 0 Å². The Morgan fingerprint density at radius 3 is 3.12 bits per heavy atom. The Kier molecular flexibility index (Phi) is 1.16. The maximum atomic E-state index is 7.85. The Morgan fingerprint density at radius 2 is 2.62 bits per heavy atom. The highest BCUT2D eigenvalue weighted by Gasteiger charge is 1.81. The second-order valence-corrected chi connectivity index (χ2v) is 1.12. The van der Waals surface area contributed by atoms with Crippen LogP contribution in [-0.4, -0.2) is 9.66 Å². The fourth-order valence-corrected chi connectivity index (χ4v) is 0.351. The van der Waals surface area contributed by atoms with Crippen molar-refractivity contribution in [2.45, 2.75) is 0 Å². The van der Waals surface area contributed by atoms with Gasteiger partial charge in [-0.1, -0.05) is 0 Å². The van der Waals surface area contributed by atoms with Crippen molar-refractivity contribution >= 4 is 0 Å². The molecule has 0 N–H and O–H groups in total. The molecule has 0 unspecified atom stereocenters. The molecule has 1 aromatic heterocycles. The van der Waals surface area contributed by atoms with E-state index in [2.05, 4.69) is 15.1 Å². The predicted octanol–water partition coefficient (Wildman–Crippen LogP) is 0.956. The van der Waals surface area contributed by atoms with Crippen molar-refractivity contribution in [3.63, 3.8) is 0 Å². The fraction of sp³-hybridized carbons (Fsp3) is 0. The summed E-state index contributed by atoms with van der Waals surface area (Å²) in [4.78, 5) is 6.16. The first kappa shape index (κ1) is 4.67. The van der Waals surface area contributed by atoms with Crippen LogP contribution in [0.5, 0.6) is 0 Å². The van der Waals surface area contributed by atoms with Gasteiger partial charge in [-0.25, -0.2) is 4.98 Å². The third-order valence-corrected chi connectivity index (χ3v) is 0.634. The van der Waals surface area contributed by atoms with E-state index in [9.17, 15) is 0 Å². The Hall–Kier alpha value is -1.48. The lowest BCUT2D eigenvalue weighted by atomic mass is 11.0. The number of hydrogen-bond donors (Lipinski definition) is 0. The lowest BCUT2D eigenvalue weighted by Gasteiger charge is -1.74. The summed E-state index contributed by atoms with van der Waals surface area (Å²) < 4.78 is 1.28. The van der Waals surface area contributed by atoms with Crippen molar-refractivity contribution in [2.75, 3.05) is 0 Å². The zero-order chi connectivity index (χ0) is 5.82. The normalized spacial score (nSPS) is 8.00. The number of hydrogen-bond acceptors (Lipinski definition) is 2. The Balaban J connectivity index is 2.93. The molecule has 5 heteroatoms. The van der Waals surface area contributed by atoms with Crippen LogP contribution in [0.15, 0.2) is 23.9 Å². The van der Waals surface area contributed by atoms with Gasteiger partial charge < -0.3 is 0 Å². The standard InChI is InChI=1S/C3H3N5/c4-6-7-8-2-1-5-3-8/h1-3H. The van der Waals surface area contributed by atoms with Gasteiger partial charge in [-0.05, 0) is 5.22 Å². The van der Waals surface area contributed by atoms with Crippen LogP contribution in [0.1, 0.15) is 0 Å². The molecule has 0 aliphatic rings. The predicted molar refractivity (Wildman–Crippen MR) is 26.8 cm³/mol. The Bertz CT molecular complexity index is 193. The van der Waals surface area contributed by atoms with Gasteiger partial charge in [0.05, 0.1) is 6.20 Å². The summed E-state index contributed by atoms with van der Waals surface area (Å²) in [6.45, 7) is 0. The molecular formula is C3H3N5. The fourth-order valence-electron chi connectivity index (χ4n) is 0.351. The van der Waals surface area contributed by atoms with Gasteiger partial charge >= 0.3 is 0 Å². The number of nitrogens with zero attached hydrogens (tertiary/aromatic N) is 5. The van der Waals surface area contributed by atoms with Crippen molar-refractivity contribution in [2.24, 2.45) is 5.22 Å². The van der Waals surface area contributed by atoms with Gasteiger partial charge in [0.15, 0.2) is 6.33 Å². The molecule has 1 aromatic rings. The third-order valence-electron chi connectivity index (χ3n) is 0.634. The molecule has 1 heterocycles. The van der Waals surface area contributed by atoms with E-state index in [-0.39, 0.29) is 0 Å². The van der Waals surface area contributed by atoms with Crippen LogP contribution in [0.4, 0.5) is 0 Å². The van der Waals surface area contributed by atoms with Gasteiger partial charge in [-0.2, -0.15) is 9.59 Å². The largest absolute Gasteiger partial charge is 0.220 e. The highest BCUT2D eigenvalue weighted by atomic mass is 15.5. The van der Waals surface area contributed by atoms with E-state index in [0.29, 0.717) is 0 Å². The lowest BCUT2D eigenvalue weighted by Crippen LogP contribution is -1.75. The van der Waals surface area contributed by atoms with E-state index < -0.39 is 0 Å². The van der Waals surface area contributed by atoms with Gasteiger partial charge in [0.1, 0.15) is 6.20 Å². The first-order valence-electron chi connectivity index (χ1n) is 1.97. The van der Waals surface area contributed by atoms with Crippen molar-refractivity contribution in [1.29, 1.82) is 0 Å². The highest BCUT2D eigenvalue weighted by Crippen LogP contribution is 1.82. The number of rotatable bonds is 1. The molecule has 0 amide bonds. The van der Waals surface area contributed by atoms with Crippen molar-refractivity contribution in [3.05, 3.63) is 29.2 Å². The minimum absolute atomic E-state index is 1.28. The zero-order valence-corrected chi connectivity index (χ0v) is 3.97. The smallest absolute Gasteiger partial charge is 0.191 e. The van der Waals surface area contributed by atoms with Crippen LogP contribution in [0.2, 0.25) is 0 Å². The van der Waals surface area contributed by atoms with Gasteiger partial charge in [0.2, 0.25) is 0 Å². The van der Waals surface area contributed by atoms with E-state index in [1.807, 2.05) is 0 Å². The van der Waals surface area contributed by atoms with E-state index in [1.165, 1.54) is 17.2 Å². The lowest BCUT2D eigenvalue weighted by molar-refractivity contribution is 0.859. The molecule has 0 atom stereocenters. The van der Waals surface area contributed by atoms with Gasteiger partial charge in [-0.3, -0.25) is 0 Å². The van der Waals surface area contributed by atoms with E-state index >= 15 is 0 Å². The molecular weight excluding hydrogens is 106 g/mol. The van der Waals surface area contributed by atoms with Crippen LogP contribution in [-0.2, 0) is 0 Å². The minimum atomic E-state index is 1.28. The molecule has 0 aliphatic heterocycles. The molecule has 5 nitrogen and oxygen atoms in total. The molecule has 0 aromatic carbocycles. The Morgan fingerprint density at radius 1 is 1.75 bits per heavy atom. The van der Waals surface area contributed by atoms with Crippen molar-refractivity contribution in [3.8, 4) is 0 Å². The van der Waals surface area contributed by atoms with E-state index in [1.54, 1.807) is 6.20 Å². The average Bonchev–Trinajstić information content (AvgIpc) is 2.19. The first-order chi connectivity index (χ1) is 3.93. The van der Waals surface area contributed by atoms with Gasteiger partial charge in [-0.15, -0.1) is 5.53 Å². The molecule has 0 saturated heterocycles. The second-order valence-electron chi connectivity index (χ2n) is 1.12. The molecule has 40 valence electrons. The quantitative estimate of drug-likeness (QED) is 0.301. The molecule has 0 aliphatic carbocycles. The van der Waals surface area contributed by atoms with Crippen molar-refractivity contribution < 1.29 is 0 Å². The topological polar surface area (TPSA) is 66.6 Å². The highest BCUT2D eigenvalue weighted by molar-refractivity contribution is 4.72. The summed E-state index contributed by atoms with van der Waals surface area (Å²) in [5, 5.41) is 3.20. The van der Waals surface area contributed by atoms with Crippen molar-refractivity contribution in [1.82, 2.24) is 9.66 Å². The van der Waals surface area contributed by atoms with Crippen LogP contribution in [0.25, 0.3) is 10.4 Å². The van der Waals surface area contributed by atoms with Gasteiger partial charge in [0.25, 0.3) is 0 Å². The molecule has 0 radical (unpaired) electrons. The number of azide groups is 1. The molecule has 0 saturated carbocycles. The molecule has 0 bridgehead atoms. The maximum absolute atomic E-state index is 7.85.